The SMILES string of the molecule is CC(C)C[C@@H](NC(=O)[C@H](CC(=O)[C@H](N)Cc1ccccc1)Cc1ccccc1)C(=O)C[C@H](CCCNC(C)C)C(=O)N1CCCNCC1. The lowest BCUT2D eigenvalue weighted by molar-refractivity contribution is -0.139. The number of hydrogen-bond donors (Lipinski definition) is 4. The number of carbonyl (C=O) groups is 4. The fourth-order valence-corrected chi connectivity index (χ4v) is 6.33. The van der Waals surface area contributed by atoms with Gasteiger partial charge in [0.15, 0.2) is 11.6 Å². The second kappa shape index (κ2) is 20.9. The molecule has 4 atom stereocenters. The lowest BCUT2D eigenvalue weighted by Gasteiger charge is -2.28. The predicted octanol–water partition coefficient (Wildman–Crippen LogP) is 4.08. The van der Waals surface area contributed by atoms with E-state index < -0.39 is 23.9 Å². The summed E-state index contributed by atoms with van der Waals surface area (Å²) < 4.78 is 0. The summed E-state index contributed by atoms with van der Waals surface area (Å²) in [5.74, 6) is -1.64. The van der Waals surface area contributed by atoms with E-state index in [4.69, 9.17) is 5.73 Å². The Kier molecular flexibility index (Phi) is 17.0. The standard InChI is InChI=1S/C39H59N5O4/c1-28(2)23-35(37(46)26-32(17-11-19-42-29(3)4)39(48)44-21-12-18-41-20-22-44)43-38(47)33(24-30-13-7-5-8-14-30)27-36(45)34(40)25-31-15-9-6-10-16-31/h5-10,13-16,28-29,32-35,41-42H,11-12,17-27,40H2,1-4H3,(H,43,47)/t32-,33-,34+,35+/m0/s1. The van der Waals surface area contributed by atoms with Crippen LogP contribution in [0.5, 0.6) is 0 Å². The highest BCUT2D eigenvalue weighted by Crippen LogP contribution is 2.21. The number of ketones is 2. The second-order valence-electron chi connectivity index (χ2n) is 14.1. The third kappa shape index (κ3) is 14.0. The Morgan fingerprint density at radius 2 is 1.44 bits per heavy atom. The van der Waals surface area contributed by atoms with Crippen molar-refractivity contribution in [2.75, 3.05) is 32.7 Å². The summed E-state index contributed by atoms with van der Waals surface area (Å²) in [5.41, 5.74) is 8.24. The van der Waals surface area contributed by atoms with Crippen molar-refractivity contribution in [3.63, 3.8) is 0 Å². The minimum absolute atomic E-state index is 0.0196. The highest BCUT2D eigenvalue weighted by Gasteiger charge is 2.33. The van der Waals surface area contributed by atoms with E-state index in [-0.39, 0.29) is 42.1 Å². The van der Waals surface area contributed by atoms with Crippen LogP contribution in [0.25, 0.3) is 0 Å². The van der Waals surface area contributed by atoms with E-state index >= 15 is 0 Å². The predicted molar refractivity (Wildman–Crippen MR) is 192 cm³/mol. The van der Waals surface area contributed by atoms with Crippen molar-refractivity contribution in [1.82, 2.24) is 20.9 Å². The zero-order chi connectivity index (χ0) is 34.9. The molecule has 264 valence electrons. The molecule has 5 N–H and O–H groups in total. The first kappa shape index (κ1) is 39.0. The molecule has 0 radical (unpaired) electrons. The van der Waals surface area contributed by atoms with E-state index in [1.54, 1.807) is 0 Å². The van der Waals surface area contributed by atoms with E-state index in [0.717, 1.165) is 43.6 Å². The molecule has 0 aliphatic carbocycles. The van der Waals surface area contributed by atoms with Gasteiger partial charge in [-0.25, -0.2) is 0 Å². The molecule has 1 aliphatic rings. The Labute approximate surface area is 288 Å². The molecule has 1 fully saturated rings. The number of Topliss-reactive ketones (excluding diaryl/α,β-unsaturated/α-hetero) is 2. The van der Waals surface area contributed by atoms with Crippen LogP contribution in [-0.2, 0) is 32.0 Å². The molecule has 1 heterocycles. The maximum atomic E-state index is 14.0. The molecule has 0 aromatic heterocycles. The fraction of sp³-hybridized carbons (Fsp3) is 0.590. The highest BCUT2D eigenvalue weighted by atomic mass is 16.2. The monoisotopic (exact) mass is 661 g/mol. The number of nitrogens with zero attached hydrogens (tertiary/aromatic N) is 1. The van der Waals surface area contributed by atoms with Gasteiger partial charge in [0.1, 0.15) is 0 Å². The molecule has 0 bridgehead atoms. The summed E-state index contributed by atoms with van der Waals surface area (Å²) in [7, 11) is 0. The van der Waals surface area contributed by atoms with Crippen molar-refractivity contribution < 1.29 is 19.2 Å². The summed E-state index contributed by atoms with van der Waals surface area (Å²) in [6.07, 6.45) is 3.50. The van der Waals surface area contributed by atoms with Crippen LogP contribution in [-0.4, -0.2) is 79.1 Å². The Morgan fingerprint density at radius 3 is 2.06 bits per heavy atom. The molecular weight excluding hydrogens is 602 g/mol. The van der Waals surface area contributed by atoms with Crippen LogP contribution in [0.2, 0.25) is 0 Å². The van der Waals surface area contributed by atoms with Crippen LogP contribution in [0.4, 0.5) is 0 Å². The highest BCUT2D eigenvalue weighted by molar-refractivity contribution is 5.94. The molecule has 9 heteroatoms. The van der Waals surface area contributed by atoms with Gasteiger partial charge in [-0.3, -0.25) is 19.2 Å². The minimum atomic E-state index is -0.751. The van der Waals surface area contributed by atoms with Crippen LogP contribution >= 0.6 is 0 Å². The Hall–Kier alpha value is -3.40. The van der Waals surface area contributed by atoms with Crippen molar-refractivity contribution in [3.05, 3.63) is 71.8 Å². The second-order valence-corrected chi connectivity index (χ2v) is 14.1. The third-order valence-electron chi connectivity index (χ3n) is 9.00. The van der Waals surface area contributed by atoms with Gasteiger partial charge in [-0.05, 0) is 68.7 Å². The molecule has 0 unspecified atom stereocenters. The summed E-state index contributed by atoms with van der Waals surface area (Å²) in [5, 5.41) is 9.81. The van der Waals surface area contributed by atoms with Gasteiger partial charge in [-0.2, -0.15) is 0 Å². The number of hydrogen-bond acceptors (Lipinski definition) is 7. The van der Waals surface area contributed by atoms with Gasteiger partial charge >= 0.3 is 0 Å². The first-order valence-electron chi connectivity index (χ1n) is 18.0. The number of benzene rings is 2. The normalized spacial score (nSPS) is 16.2. The molecule has 0 saturated carbocycles. The summed E-state index contributed by atoms with van der Waals surface area (Å²) >= 11 is 0. The van der Waals surface area contributed by atoms with Crippen LogP contribution in [0.3, 0.4) is 0 Å². The molecule has 3 rings (SSSR count). The molecule has 2 amide bonds. The smallest absolute Gasteiger partial charge is 0.226 e. The third-order valence-corrected chi connectivity index (χ3v) is 9.00. The number of amides is 2. The van der Waals surface area contributed by atoms with Gasteiger partial charge in [-0.15, -0.1) is 0 Å². The first-order chi connectivity index (χ1) is 23.0. The Bertz CT molecular complexity index is 1260. The van der Waals surface area contributed by atoms with Crippen LogP contribution in [0.15, 0.2) is 60.7 Å². The maximum Gasteiger partial charge on any atom is 0.226 e. The van der Waals surface area contributed by atoms with E-state index in [1.165, 1.54) is 0 Å². The van der Waals surface area contributed by atoms with Crippen LogP contribution in [0, 0.1) is 17.8 Å². The first-order valence-corrected chi connectivity index (χ1v) is 18.0. The molecular formula is C39H59N5O4. The number of rotatable bonds is 20. The van der Waals surface area contributed by atoms with Crippen LogP contribution < -0.4 is 21.7 Å². The summed E-state index contributed by atoms with van der Waals surface area (Å²) in [6, 6.07) is 18.1. The lowest BCUT2D eigenvalue weighted by atomic mass is 9.87. The quantitative estimate of drug-likeness (QED) is 0.157. The number of nitrogens with two attached hydrogens (primary N) is 1. The molecule has 1 aliphatic heterocycles. The van der Waals surface area contributed by atoms with E-state index in [0.29, 0.717) is 44.8 Å². The van der Waals surface area contributed by atoms with Crippen molar-refractivity contribution in [3.8, 4) is 0 Å². The zero-order valence-electron chi connectivity index (χ0n) is 29.6. The Morgan fingerprint density at radius 1 is 0.812 bits per heavy atom. The molecule has 48 heavy (non-hydrogen) atoms. The van der Waals surface area contributed by atoms with Crippen molar-refractivity contribution in [2.24, 2.45) is 23.5 Å². The summed E-state index contributed by atoms with van der Waals surface area (Å²) in [6.45, 7) is 11.9. The largest absolute Gasteiger partial charge is 0.346 e. The van der Waals surface area contributed by atoms with Crippen LogP contribution in [0.1, 0.15) is 77.3 Å². The molecule has 9 nitrogen and oxygen atoms in total. The van der Waals surface area contributed by atoms with E-state index in [1.807, 2.05) is 79.4 Å². The van der Waals surface area contributed by atoms with Gasteiger partial charge < -0.3 is 26.6 Å². The lowest BCUT2D eigenvalue weighted by Crippen LogP contribution is -2.47. The molecule has 2 aromatic rings. The van der Waals surface area contributed by atoms with Crippen molar-refractivity contribution >= 4 is 23.4 Å². The molecule has 1 saturated heterocycles. The molecule has 0 spiro atoms. The van der Waals surface area contributed by atoms with Gasteiger partial charge in [0.05, 0.1) is 12.1 Å². The summed E-state index contributed by atoms with van der Waals surface area (Å²) in [4.78, 5) is 57.1. The van der Waals surface area contributed by atoms with E-state index in [2.05, 4.69) is 29.8 Å². The van der Waals surface area contributed by atoms with E-state index in [9.17, 15) is 19.2 Å². The Balaban J connectivity index is 1.77. The topological polar surface area (TPSA) is 134 Å². The van der Waals surface area contributed by atoms with Crippen molar-refractivity contribution in [1.29, 1.82) is 0 Å². The fourth-order valence-electron chi connectivity index (χ4n) is 6.33. The zero-order valence-corrected chi connectivity index (χ0v) is 29.6. The number of carbonyl (C=O) groups excluding carboxylic acids is 4. The average molecular weight is 662 g/mol. The number of nitrogens with one attached hydrogen (secondary N) is 3. The maximum absolute atomic E-state index is 14.0. The van der Waals surface area contributed by atoms with Gasteiger partial charge in [-0.1, -0.05) is 88.4 Å². The van der Waals surface area contributed by atoms with Gasteiger partial charge in [0.25, 0.3) is 0 Å². The van der Waals surface area contributed by atoms with Gasteiger partial charge in [0.2, 0.25) is 11.8 Å². The average Bonchev–Trinajstić information content (AvgIpc) is 3.35. The minimum Gasteiger partial charge on any atom is -0.346 e. The molecule has 2 aromatic carbocycles. The van der Waals surface area contributed by atoms with Crippen molar-refractivity contribution in [2.45, 2.75) is 97.2 Å². The van der Waals surface area contributed by atoms with Gasteiger partial charge in [0, 0.05) is 50.4 Å².